The van der Waals surface area contributed by atoms with Crippen molar-refractivity contribution in [2.45, 2.75) is 32.7 Å². The summed E-state index contributed by atoms with van der Waals surface area (Å²) in [4.78, 5) is 20.6. The van der Waals surface area contributed by atoms with Gasteiger partial charge in [-0.05, 0) is 30.7 Å². The van der Waals surface area contributed by atoms with E-state index >= 15 is 0 Å². The average molecular weight is 329 g/mol. The molecule has 0 aliphatic rings. The van der Waals surface area contributed by atoms with Crippen molar-refractivity contribution in [3.05, 3.63) is 58.8 Å². The van der Waals surface area contributed by atoms with E-state index in [1.165, 1.54) is 35.2 Å². The molecular formula is C18H17F2N3O. The Morgan fingerprint density at radius 1 is 1.12 bits per heavy atom. The molecule has 0 bridgehead atoms. The van der Waals surface area contributed by atoms with Crippen LogP contribution in [0.1, 0.15) is 26.2 Å². The summed E-state index contributed by atoms with van der Waals surface area (Å²) in [6.45, 7) is 2.65. The van der Waals surface area contributed by atoms with Gasteiger partial charge in [-0.25, -0.2) is 13.8 Å². The minimum Gasteiger partial charge on any atom is -0.299 e. The van der Waals surface area contributed by atoms with Gasteiger partial charge in [-0.3, -0.25) is 14.3 Å². The number of aromatic nitrogens is 3. The van der Waals surface area contributed by atoms with Crippen molar-refractivity contribution in [1.82, 2.24) is 14.5 Å². The van der Waals surface area contributed by atoms with Crippen LogP contribution in [0.15, 0.2) is 41.6 Å². The topological polar surface area (TPSA) is 47.8 Å². The number of benzene rings is 1. The highest BCUT2D eigenvalue weighted by molar-refractivity contribution is 5.83. The minimum atomic E-state index is -0.577. The number of unbranched alkanes of at least 4 members (excludes halogenated alkanes) is 2. The second kappa shape index (κ2) is 6.86. The molecule has 0 aliphatic carbocycles. The zero-order valence-electron chi connectivity index (χ0n) is 13.3. The van der Waals surface area contributed by atoms with Crippen LogP contribution in [0.4, 0.5) is 8.78 Å². The fraction of sp³-hybridized carbons (Fsp3) is 0.278. The van der Waals surface area contributed by atoms with Gasteiger partial charge in [0.25, 0.3) is 5.56 Å². The third-order valence-corrected chi connectivity index (χ3v) is 3.92. The largest absolute Gasteiger partial charge is 0.299 e. The van der Waals surface area contributed by atoms with Crippen LogP contribution in [-0.4, -0.2) is 14.5 Å². The first kappa shape index (κ1) is 16.2. The Bertz CT molecular complexity index is 920. The van der Waals surface area contributed by atoms with Gasteiger partial charge in [0.15, 0.2) is 0 Å². The fourth-order valence-electron chi connectivity index (χ4n) is 2.60. The number of aryl methyl sites for hydroxylation is 1. The molecule has 0 unspecified atom stereocenters. The zero-order chi connectivity index (χ0) is 17.1. The molecule has 4 nitrogen and oxygen atoms in total. The van der Waals surface area contributed by atoms with E-state index < -0.39 is 11.6 Å². The van der Waals surface area contributed by atoms with Crippen LogP contribution in [0.5, 0.6) is 0 Å². The van der Waals surface area contributed by atoms with Crippen molar-refractivity contribution in [3.63, 3.8) is 0 Å². The van der Waals surface area contributed by atoms with Crippen molar-refractivity contribution >= 4 is 10.9 Å². The van der Waals surface area contributed by atoms with Gasteiger partial charge in [-0.1, -0.05) is 19.8 Å². The lowest BCUT2D eigenvalue weighted by molar-refractivity contribution is 0.583. The van der Waals surface area contributed by atoms with Crippen LogP contribution < -0.4 is 5.56 Å². The number of hydrogen-bond acceptors (Lipinski definition) is 3. The summed E-state index contributed by atoms with van der Waals surface area (Å²) in [5.41, 5.74) is 0.630. The summed E-state index contributed by atoms with van der Waals surface area (Å²) in [6.07, 6.45) is 5.47. The monoisotopic (exact) mass is 329 g/mol. The predicted octanol–water partition coefficient (Wildman–Crippen LogP) is 3.93. The second-order valence-corrected chi connectivity index (χ2v) is 5.66. The van der Waals surface area contributed by atoms with Crippen LogP contribution in [0.3, 0.4) is 0 Å². The molecule has 2 heterocycles. The van der Waals surface area contributed by atoms with Crippen molar-refractivity contribution in [1.29, 1.82) is 0 Å². The van der Waals surface area contributed by atoms with E-state index in [1.807, 2.05) is 0 Å². The van der Waals surface area contributed by atoms with E-state index in [4.69, 9.17) is 0 Å². The molecule has 3 aromatic rings. The summed E-state index contributed by atoms with van der Waals surface area (Å²) in [6, 6.07) is 5.26. The molecule has 0 spiro atoms. The third-order valence-electron chi connectivity index (χ3n) is 3.92. The zero-order valence-corrected chi connectivity index (χ0v) is 13.3. The highest BCUT2D eigenvalue weighted by Gasteiger charge is 2.12. The molecule has 2 aromatic heterocycles. The quantitative estimate of drug-likeness (QED) is 0.667. The Labute approximate surface area is 137 Å². The lowest BCUT2D eigenvalue weighted by Gasteiger charge is -2.08. The van der Waals surface area contributed by atoms with Gasteiger partial charge in [0.2, 0.25) is 0 Å². The molecule has 1 aromatic carbocycles. The third kappa shape index (κ3) is 3.18. The first-order valence-electron chi connectivity index (χ1n) is 7.90. The number of fused-ring (bicyclic) bond motifs is 1. The van der Waals surface area contributed by atoms with Crippen LogP contribution >= 0.6 is 0 Å². The van der Waals surface area contributed by atoms with Crippen LogP contribution in [0.2, 0.25) is 0 Å². The van der Waals surface area contributed by atoms with E-state index in [-0.39, 0.29) is 16.5 Å². The smallest absolute Gasteiger partial charge is 0.261 e. The Kier molecular flexibility index (Phi) is 4.64. The highest BCUT2D eigenvalue weighted by Crippen LogP contribution is 2.24. The highest BCUT2D eigenvalue weighted by atomic mass is 19.1. The average Bonchev–Trinajstić information content (AvgIpc) is 2.58. The molecule has 6 heteroatoms. The summed E-state index contributed by atoms with van der Waals surface area (Å²) in [5, 5.41) is 0.234. The van der Waals surface area contributed by atoms with Gasteiger partial charge in [-0.15, -0.1) is 0 Å². The van der Waals surface area contributed by atoms with Crippen molar-refractivity contribution in [2.24, 2.45) is 0 Å². The van der Waals surface area contributed by atoms with E-state index in [0.29, 0.717) is 17.8 Å². The van der Waals surface area contributed by atoms with Crippen LogP contribution in [0.25, 0.3) is 22.2 Å². The maximum absolute atomic E-state index is 14.4. The molecule has 0 radical (unpaired) electrons. The molecule has 0 aliphatic heterocycles. The summed E-state index contributed by atoms with van der Waals surface area (Å²) in [7, 11) is 0. The van der Waals surface area contributed by atoms with Gasteiger partial charge in [0.05, 0.1) is 29.1 Å². The van der Waals surface area contributed by atoms with Crippen LogP contribution in [0, 0.1) is 11.6 Å². The fourth-order valence-corrected chi connectivity index (χ4v) is 2.60. The van der Waals surface area contributed by atoms with E-state index in [9.17, 15) is 13.6 Å². The summed E-state index contributed by atoms with van der Waals surface area (Å²) >= 11 is 0. The Morgan fingerprint density at radius 2 is 1.96 bits per heavy atom. The molecule has 24 heavy (non-hydrogen) atoms. The maximum Gasteiger partial charge on any atom is 0.261 e. The Hall–Kier alpha value is -2.63. The SMILES string of the molecule is CCCCCn1cnc2cc(-c3ccc(F)cn3)c(F)cc2c1=O. The molecule has 0 fully saturated rings. The predicted molar refractivity (Wildman–Crippen MR) is 88.7 cm³/mol. The maximum atomic E-state index is 14.4. The van der Waals surface area contributed by atoms with Gasteiger partial charge < -0.3 is 0 Å². The standard InChI is InChI=1S/C18H17F2N3O/c1-2-3-4-7-23-11-22-17-9-13(15(20)8-14(17)18(23)24)16-6-5-12(19)10-21-16/h5-6,8-11H,2-4,7H2,1H3. The number of hydrogen-bond donors (Lipinski definition) is 0. The molecule has 0 amide bonds. The van der Waals surface area contributed by atoms with Gasteiger partial charge >= 0.3 is 0 Å². The molecule has 0 saturated heterocycles. The number of pyridine rings is 1. The van der Waals surface area contributed by atoms with E-state index in [2.05, 4.69) is 16.9 Å². The molecular weight excluding hydrogens is 312 g/mol. The Balaban J connectivity index is 2.04. The minimum absolute atomic E-state index is 0.193. The molecule has 0 saturated carbocycles. The number of rotatable bonds is 5. The van der Waals surface area contributed by atoms with Gasteiger partial charge in [0, 0.05) is 12.1 Å². The van der Waals surface area contributed by atoms with Crippen molar-refractivity contribution in [3.8, 4) is 11.3 Å². The molecule has 124 valence electrons. The first-order chi connectivity index (χ1) is 11.6. The molecule has 0 N–H and O–H groups in total. The number of nitrogens with zero attached hydrogens (tertiary/aromatic N) is 3. The van der Waals surface area contributed by atoms with E-state index in [0.717, 1.165) is 25.5 Å². The molecule has 0 atom stereocenters. The lowest BCUT2D eigenvalue weighted by atomic mass is 10.1. The van der Waals surface area contributed by atoms with Crippen molar-refractivity contribution < 1.29 is 8.78 Å². The Morgan fingerprint density at radius 3 is 2.67 bits per heavy atom. The second-order valence-electron chi connectivity index (χ2n) is 5.66. The van der Waals surface area contributed by atoms with Gasteiger partial charge in [0.1, 0.15) is 11.6 Å². The lowest BCUT2D eigenvalue weighted by Crippen LogP contribution is -2.20. The van der Waals surface area contributed by atoms with Crippen LogP contribution in [-0.2, 0) is 6.54 Å². The number of halogens is 2. The summed E-state index contributed by atoms with van der Waals surface area (Å²) in [5.74, 6) is -1.07. The van der Waals surface area contributed by atoms with E-state index in [1.54, 1.807) is 0 Å². The van der Waals surface area contributed by atoms with Crippen molar-refractivity contribution in [2.75, 3.05) is 0 Å². The molecule has 3 rings (SSSR count). The normalized spacial score (nSPS) is 11.1. The van der Waals surface area contributed by atoms with Gasteiger partial charge in [-0.2, -0.15) is 0 Å². The summed E-state index contributed by atoms with van der Waals surface area (Å²) < 4.78 is 28.9. The first-order valence-corrected chi connectivity index (χ1v) is 7.90.